The summed E-state index contributed by atoms with van der Waals surface area (Å²) in [5, 5.41) is 15.9. The number of amides is 2. The fraction of sp³-hybridized carbons (Fsp3) is 0.609. The van der Waals surface area contributed by atoms with E-state index < -0.39 is 40.2 Å². The first kappa shape index (κ1) is 26.2. The summed E-state index contributed by atoms with van der Waals surface area (Å²) in [6.07, 6.45) is 0.541. The van der Waals surface area contributed by atoms with Crippen LogP contribution in [0.25, 0.3) is 10.9 Å². The molecule has 0 aliphatic heterocycles. The zero-order valence-electron chi connectivity index (χ0n) is 19.8. The van der Waals surface area contributed by atoms with Crippen molar-refractivity contribution in [1.82, 2.24) is 20.4 Å². The summed E-state index contributed by atoms with van der Waals surface area (Å²) in [6, 6.07) is 6.40. The second-order valence-corrected chi connectivity index (χ2v) is 11.2. The van der Waals surface area contributed by atoms with E-state index in [2.05, 4.69) is 15.7 Å². The van der Waals surface area contributed by atoms with Crippen molar-refractivity contribution in [1.29, 1.82) is 0 Å². The molecule has 0 spiro atoms. The van der Waals surface area contributed by atoms with Crippen LogP contribution in [0.15, 0.2) is 24.3 Å². The van der Waals surface area contributed by atoms with E-state index in [1.807, 2.05) is 32.9 Å². The highest BCUT2D eigenvalue weighted by molar-refractivity contribution is 7.82. The number of aromatic nitrogens is 2. The maximum Gasteiger partial charge on any atom is 0.273 e. The van der Waals surface area contributed by atoms with E-state index >= 15 is 0 Å². The lowest BCUT2D eigenvalue weighted by Gasteiger charge is -2.30. The molecule has 1 aliphatic rings. The summed E-state index contributed by atoms with van der Waals surface area (Å²) in [7, 11) is -1.53. The van der Waals surface area contributed by atoms with Crippen molar-refractivity contribution in [3.63, 3.8) is 0 Å². The number of carbonyl (C=O) groups excluding carboxylic acids is 2. The number of carbonyl (C=O) groups is 2. The van der Waals surface area contributed by atoms with Crippen molar-refractivity contribution in [2.75, 3.05) is 12.3 Å². The Kier molecular flexibility index (Phi) is 8.07. The van der Waals surface area contributed by atoms with Gasteiger partial charge < -0.3 is 10.6 Å². The monoisotopic (exact) mass is 497 g/mol. The Morgan fingerprint density at radius 2 is 1.91 bits per heavy atom. The number of para-hydroxylation sites is 1. The van der Waals surface area contributed by atoms with Gasteiger partial charge in [0.1, 0.15) is 6.04 Å². The summed E-state index contributed by atoms with van der Waals surface area (Å²) in [6.45, 7) is 6.06. The number of halogens is 2. The fourth-order valence-corrected chi connectivity index (χ4v) is 4.52. The second-order valence-electron chi connectivity index (χ2n) is 10.00. The number of nitrogens with two attached hydrogens (primary N) is 1. The highest BCUT2D eigenvalue weighted by Crippen LogP contribution is 2.37. The second kappa shape index (κ2) is 10.5. The predicted molar refractivity (Wildman–Crippen MR) is 128 cm³/mol. The fourth-order valence-electron chi connectivity index (χ4n) is 4.21. The number of nitrogens with one attached hydrogen (secondary N) is 2. The Balaban J connectivity index is 1.80. The van der Waals surface area contributed by atoms with Crippen LogP contribution in [-0.4, -0.2) is 50.1 Å². The average molecular weight is 498 g/mol. The number of benzene rings is 1. The molecule has 11 heteroatoms. The van der Waals surface area contributed by atoms with Gasteiger partial charge in [-0.15, -0.1) is 0 Å². The van der Waals surface area contributed by atoms with E-state index in [1.54, 1.807) is 16.8 Å². The molecule has 8 nitrogen and oxygen atoms in total. The van der Waals surface area contributed by atoms with Gasteiger partial charge in [-0.1, -0.05) is 39.0 Å². The maximum atomic E-state index is 13.6. The molecule has 0 bridgehead atoms. The van der Waals surface area contributed by atoms with Crippen LogP contribution in [-0.2, 0) is 22.3 Å². The van der Waals surface area contributed by atoms with E-state index in [1.165, 1.54) is 0 Å². The zero-order chi connectivity index (χ0) is 25.1. The smallest absolute Gasteiger partial charge is 0.273 e. The topological polar surface area (TPSA) is 119 Å². The van der Waals surface area contributed by atoms with Crippen LogP contribution in [0.3, 0.4) is 0 Å². The molecule has 1 fully saturated rings. The van der Waals surface area contributed by atoms with Crippen molar-refractivity contribution in [2.24, 2.45) is 16.5 Å². The van der Waals surface area contributed by atoms with Gasteiger partial charge in [0, 0.05) is 31.3 Å². The minimum absolute atomic E-state index is 0.0556. The molecule has 2 atom stereocenters. The van der Waals surface area contributed by atoms with Crippen molar-refractivity contribution in [3.8, 4) is 0 Å². The summed E-state index contributed by atoms with van der Waals surface area (Å²) in [5.74, 6) is -3.34. The third kappa shape index (κ3) is 6.59. The van der Waals surface area contributed by atoms with Gasteiger partial charge in [-0.2, -0.15) is 5.10 Å². The van der Waals surface area contributed by atoms with Crippen LogP contribution in [0, 0.1) is 11.3 Å². The summed E-state index contributed by atoms with van der Waals surface area (Å²) < 4.78 is 39.9. The Morgan fingerprint density at radius 3 is 2.53 bits per heavy atom. The summed E-state index contributed by atoms with van der Waals surface area (Å²) >= 11 is 0. The van der Waals surface area contributed by atoms with Gasteiger partial charge in [0.15, 0.2) is 5.69 Å². The van der Waals surface area contributed by atoms with Crippen LogP contribution in [0.4, 0.5) is 8.78 Å². The first-order chi connectivity index (χ1) is 15.9. The van der Waals surface area contributed by atoms with Gasteiger partial charge in [0.25, 0.3) is 5.91 Å². The molecule has 1 saturated carbocycles. The van der Waals surface area contributed by atoms with Gasteiger partial charge in [0.2, 0.25) is 11.8 Å². The van der Waals surface area contributed by atoms with E-state index in [4.69, 9.17) is 5.14 Å². The minimum atomic E-state index is -2.60. The molecule has 1 aromatic heterocycles. The van der Waals surface area contributed by atoms with Gasteiger partial charge in [-0.3, -0.25) is 19.4 Å². The molecule has 3 rings (SSSR count). The molecule has 2 amide bonds. The van der Waals surface area contributed by atoms with E-state index in [-0.39, 0.29) is 36.8 Å². The maximum absolute atomic E-state index is 13.6. The predicted octanol–water partition coefficient (Wildman–Crippen LogP) is 2.74. The Morgan fingerprint density at radius 1 is 1.26 bits per heavy atom. The number of hydrogen-bond acceptors (Lipinski definition) is 4. The molecule has 34 heavy (non-hydrogen) atoms. The molecular weight excluding hydrogens is 464 g/mol. The lowest BCUT2D eigenvalue weighted by atomic mass is 9.86. The molecular formula is C23H33F2N5O3S. The van der Waals surface area contributed by atoms with Crippen LogP contribution in [0.2, 0.25) is 0 Å². The number of nitrogens with zero attached hydrogens (tertiary/aromatic N) is 2. The number of alkyl halides is 2. The largest absolute Gasteiger partial charge is 0.353 e. The summed E-state index contributed by atoms with van der Waals surface area (Å²) in [5.41, 5.74) is 0.321. The molecule has 0 radical (unpaired) electrons. The molecule has 1 heterocycles. The van der Waals surface area contributed by atoms with E-state index in [0.717, 1.165) is 5.52 Å². The van der Waals surface area contributed by atoms with Crippen LogP contribution >= 0.6 is 0 Å². The molecule has 2 unspecified atom stereocenters. The zero-order valence-corrected chi connectivity index (χ0v) is 20.6. The molecule has 1 aromatic carbocycles. The molecule has 2 aromatic rings. The van der Waals surface area contributed by atoms with Crippen molar-refractivity contribution >= 4 is 33.7 Å². The summed E-state index contributed by atoms with van der Waals surface area (Å²) in [4.78, 5) is 26.0. The Bertz CT molecular complexity index is 1060. The van der Waals surface area contributed by atoms with Crippen LogP contribution in [0.5, 0.6) is 0 Å². The highest BCUT2D eigenvalue weighted by Gasteiger charge is 2.36. The standard InChI is InChI=1S/C23H33F2N5O3S/c1-22(2,3)19(21(32)27-12-13-34(26)33)28-20(31)18-16-6-4-5-7-17(16)30(29-18)14-15-8-10-23(24,25)11-9-15/h4-7,15,19H,8-14,26H2,1-3H3,(H,27,32)(H,28,31). The Hall–Kier alpha value is -2.40. The first-order valence-corrected chi connectivity index (χ1v) is 12.8. The number of rotatable bonds is 8. The molecule has 1 aliphatic carbocycles. The first-order valence-electron chi connectivity index (χ1n) is 11.4. The Labute approximate surface area is 200 Å². The SMILES string of the molecule is CC(C)(C)C(NC(=O)c1nn(CC2CCC(F)(F)CC2)c2ccccc12)C(=O)NCCS(N)=O. The van der Waals surface area contributed by atoms with Crippen molar-refractivity contribution < 1.29 is 22.6 Å². The molecule has 0 saturated heterocycles. The number of fused-ring (bicyclic) bond motifs is 1. The molecule has 188 valence electrons. The van der Waals surface area contributed by atoms with Gasteiger partial charge in [-0.25, -0.2) is 13.0 Å². The third-order valence-corrected chi connectivity index (χ3v) is 6.75. The lowest BCUT2D eigenvalue weighted by Crippen LogP contribution is -2.54. The van der Waals surface area contributed by atoms with Crippen LogP contribution in [0.1, 0.15) is 56.9 Å². The van der Waals surface area contributed by atoms with E-state index in [9.17, 15) is 22.6 Å². The minimum Gasteiger partial charge on any atom is -0.353 e. The number of hydrogen-bond donors (Lipinski definition) is 3. The van der Waals surface area contributed by atoms with Crippen molar-refractivity contribution in [2.45, 2.75) is 65.0 Å². The van der Waals surface area contributed by atoms with Gasteiger partial charge in [0.05, 0.1) is 22.3 Å². The van der Waals surface area contributed by atoms with Gasteiger partial charge in [-0.05, 0) is 30.2 Å². The van der Waals surface area contributed by atoms with E-state index in [0.29, 0.717) is 24.8 Å². The normalized spacial score (nSPS) is 18.4. The lowest BCUT2D eigenvalue weighted by molar-refractivity contribution is -0.125. The van der Waals surface area contributed by atoms with Gasteiger partial charge >= 0.3 is 0 Å². The van der Waals surface area contributed by atoms with Crippen LogP contribution < -0.4 is 15.8 Å². The highest BCUT2D eigenvalue weighted by atomic mass is 32.2. The third-order valence-electron chi connectivity index (χ3n) is 6.15. The van der Waals surface area contributed by atoms with Crippen molar-refractivity contribution in [3.05, 3.63) is 30.0 Å². The molecule has 4 N–H and O–H groups in total. The quantitative estimate of drug-likeness (QED) is 0.520. The average Bonchev–Trinajstić information content (AvgIpc) is 3.11.